The lowest BCUT2D eigenvalue weighted by atomic mass is 10.1. The third-order valence-corrected chi connectivity index (χ3v) is 4.91. The van der Waals surface area contributed by atoms with Crippen LogP contribution >= 0.6 is 11.3 Å². The predicted molar refractivity (Wildman–Crippen MR) is 93.5 cm³/mol. The average Bonchev–Trinajstić information content (AvgIpc) is 3.22. The van der Waals surface area contributed by atoms with Gasteiger partial charge in [-0.1, -0.05) is 11.2 Å². The second kappa shape index (κ2) is 6.68. The van der Waals surface area contributed by atoms with Crippen LogP contribution in [0.5, 0.6) is 5.75 Å². The maximum Gasteiger partial charge on any atom is 0.257 e. The zero-order chi connectivity index (χ0) is 17.2. The largest absolute Gasteiger partial charge is 0.487 e. The Bertz CT molecular complexity index is 852. The Morgan fingerprint density at radius 1 is 1.32 bits per heavy atom. The topological polar surface area (TPSA) is 68.5 Å². The van der Waals surface area contributed by atoms with Crippen LogP contribution in [0.1, 0.15) is 10.7 Å². The van der Waals surface area contributed by atoms with Crippen molar-refractivity contribution in [3.05, 3.63) is 52.5 Å². The van der Waals surface area contributed by atoms with Crippen molar-refractivity contribution in [1.29, 1.82) is 0 Å². The van der Waals surface area contributed by atoms with Crippen LogP contribution in [0.3, 0.4) is 0 Å². The summed E-state index contributed by atoms with van der Waals surface area (Å²) in [7, 11) is 0. The number of rotatable bonds is 5. The molecule has 1 aliphatic rings. The fraction of sp³-hybridized carbons (Fsp3) is 0.278. The number of nitrogens with zero attached hydrogens (tertiary/aromatic N) is 3. The van der Waals surface area contributed by atoms with Crippen molar-refractivity contribution in [2.45, 2.75) is 19.4 Å². The van der Waals surface area contributed by atoms with Crippen molar-refractivity contribution in [1.82, 2.24) is 15.0 Å². The summed E-state index contributed by atoms with van der Waals surface area (Å²) < 4.78 is 11.0. The molecule has 0 saturated carbocycles. The molecule has 25 heavy (non-hydrogen) atoms. The second-order valence-corrected chi connectivity index (χ2v) is 7.00. The van der Waals surface area contributed by atoms with Crippen molar-refractivity contribution >= 4 is 17.2 Å². The summed E-state index contributed by atoms with van der Waals surface area (Å²) in [5.74, 6) is 2.04. The minimum atomic E-state index is 0.0452. The van der Waals surface area contributed by atoms with Crippen LogP contribution in [0.4, 0.5) is 0 Å². The first-order valence-electron chi connectivity index (χ1n) is 8.05. The summed E-state index contributed by atoms with van der Waals surface area (Å²) in [4.78, 5) is 19.3. The van der Waals surface area contributed by atoms with E-state index < -0.39 is 0 Å². The number of hydrogen-bond donors (Lipinski definition) is 0. The maximum atomic E-state index is 12.1. The summed E-state index contributed by atoms with van der Waals surface area (Å²) in [6, 6.07) is 11.5. The highest BCUT2D eigenvalue weighted by molar-refractivity contribution is 7.10. The van der Waals surface area contributed by atoms with Crippen molar-refractivity contribution in [3.63, 3.8) is 0 Å². The Morgan fingerprint density at radius 3 is 2.76 bits per heavy atom. The molecule has 3 heterocycles. The Balaban J connectivity index is 1.28. The highest BCUT2D eigenvalue weighted by atomic mass is 32.1. The number of thiophene rings is 1. The van der Waals surface area contributed by atoms with E-state index in [1.807, 2.05) is 46.7 Å². The number of benzene rings is 1. The normalized spacial score (nSPS) is 14.4. The van der Waals surface area contributed by atoms with E-state index in [9.17, 15) is 4.79 Å². The molecule has 0 spiro atoms. The van der Waals surface area contributed by atoms with Gasteiger partial charge in [-0.15, -0.1) is 11.3 Å². The first-order chi connectivity index (χ1) is 12.2. The standard InChI is InChI=1S/C18H17N3O3S/c1-12-19-18(24-20-12)13-4-6-14(7-5-13)23-15-10-21(11-15)17(22)9-16-3-2-8-25-16/h2-8,15H,9-11H2,1H3. The van der Waals surface area contributed by atoms with Crippen LogP contribution in [0, 0.1) is 6.92 Å². The Morgan fingerprint density at radius 2 is 2.12 bits per heavy atom. The van der Waals surface area contributed by atoms with E-state index in [4.69, 9.17) is 9.26 Å². The molecule has 1 aromatic carbocycles. The SMILES string of the molecule is Cc1noc(-c2ccc(OC3CN(C(=O)Cc4cccs4)C3)cc2)n1. The van der Waals surface area contributed by atoms with E-state index in [1.165, 1.54) is 0 Å². The summed E-state index contributed by atoms with van der Waals surface area (Å²) in [6.45, 7) is 3.05. The van der Waals surface area contributed by atoms with Crippen LogP contribution in [-0.4, -0.2) is 40.1 Å². The fourth-order valence-corrected chi connectivity index (χ4v) is 3.37. The van der Waals surface area contributed by atoms with E-state index in [-0.39, 0.29) is 12.0 Å². The van der Waals surface area contributed by atoms with Gasteiger partial charge in [-0.25, -0.2) is 0 Å². The molecule has 0 bridgehead atoms. The molecule has 0 aliphatic carbocycles. The number of likely N-dealkylation sites (tertiary alicyclic amines) is 1. The lowest BCUT2D eigenvalue weighted by Crippen LogP contribution is -2.56. The molecule has 0 atom stereocenters. The molecule has 1 aliphatic heterocycles. The zero-order valence-electron chi connectivity index (χ0n) is 13.7. The highest BCUT2D eigenvalue weighted by Gasteiger charge is 2.32. The predicted octanol–water partition coefficient (Wildman–Crippen LogP) is 2.94. The van der Waals surface area contributed by atoms with Gasteiger partial charge in [0.25, 0.3) is 5.89 Å². The van der Waals surface area contributed by atoms with E-state index in [1.54, 1.807) is 18.3 Å². The molecule has 7 heteroatoms. The number of ether oxygens (including phenoxy) is 1. The fourth-order valence-electron chi connectivity index (χ4n) is 2.67. The molecular weight excluding hydrogens is 338 g/mol. The molecule has 4 rings (SSSR count). The van der Waals surface area contributed by atoms with Gasteiger partial charge in [0.05, 0.1) is 19.5 Å². The van der Waals surface area contributed by atoms with Gasteiger partial charge < -0.3 is 14.2 Å². The van der Waals surface area contributed by atoms with Gasteiger partial charge in [0, 0.05) is 10.4 Å². The molecule has 128 valence electrons. The minimum Gasteiger partial charge on any atom is -0.487 e. The quantitative estimate of drug-likeness (QED) is 0.704. The van der Waals surface area contributed by atoms with Gasteiger partial charge in [0.1, 0.15) is 11.9 Å². The van der Waals surface area contributed by atoms with Gasteiger partial charge in [-0.3, -0.25) is 4.79 Å². The molecule has 0 N–H and O–H groups in total. The first-order valence-corrected chi connectivity index (χ1v) is 8.93. The minimum absolute atomic E-state index is 0.0452. The third kappa shape index (κ3) is 3.56. The first kappa shape index (κ1) is 15.8. The smallest absolute Gasteiger partial charge is 0.257 e. The Labute approximate surface area is 149 Å². The Hall–Kier alpha value is -2.67. The molecular formula is C18H17N3O3S. The van der Waals surface area contributed by atoms with Crippen LogP contribution in [0.15, 0.2) is 46.3 Å². The second-order valence-electron chi connectivity index (χ2n) is 5.97. The summed E-state index contributed by atoms with van der Waals surface area (Å²) in [6.07, 6.45) is 0.520. The highest BCUT2D eigenvalue weighted by Crippen LogP contribution is 2.24. The van der Waals surface area contributed by atoms with Gasteiger partial charge in [0.15, 0.2) is 5.82 Å². The lowest BCUT2D eigenvalue weighted by molar-refractivity contribution is -0.139. The molecule has 3 aromatic rings. The van der Waals surface area contributed by atoms with E-state index in [0.717, 1.165) is 16.2 Å². The molecule has 6 nitrogen and oxygen atoms in total. The van der Waals surface area contributed by atoms with Crippen molar-refractivity contribution in [2.24, 2.45) is 0 Å². The van der Waals surface area contributed by atoms with E-state index in [0.29, 0.717) is 31.2 Å². The van der Waals surface area contributed by atoms with Gasteiger partial charge >= 0.3 is 0 Å². The number of aryl methyl sites for hydroxylation is 1. The van der Waals surface area contributed by atoms with Crippen molar-refractivity contribution < 1.29 is 14.1 Å². The Kier molecular flexibility index (Phi) is 4.23. The molecule has 0 unspecified atom stereocenters. The third-order valence-electron chi connectivity index (χ3n) is 4.04. The maximum absolute atomic E-state index is 12.1. The lowest BCUT2D eigenvalue weighted by Gasteiger charge is -2.39. The average molecular weight is 355 g/mol. The molecule has 2 aromatic heterocycles. The van der Waals surface area contributed by atoms with Gasteiger partial charge in [-0.05, 0) is 42.6 Å². The number of hydrogen-bond acceptors (Lipinski definition) is 6. The van der Waals surface area contributed by atoms with Crippen LogP contribution in [0.25, 0.3) is 11.5 Å². The number of aromatic nitrogens is 2. The van der Waals surface area contributed by atoms with Crippen LogP contribution in [-0.2, 0) is 11.2 Å². The summed E-state index contributed by atoms with van der Waals surface area (Å²) in [5.41, 5.74) is 0.856. The molecule has 1 saturated heterocycles. The number of carbonyl (C=O) groups excluding carboxylic acids is 1. The molecule has 0 radical (unpaired) electrons. The number of carbonyl (C=O) groups is 1. The van der Waals surface area contributed by atoms with Gasteiger partial charge in [0.2, 0.25) is 5.91 Å². The van der Waals surface area contributed by atoms with Crippen molar-refractivity contribution in [2.75, 3.05) is 13.1 Å². The number of amides is 1. The van der Waals surface area contributed by atoms with Crippen molar-refractivity contribution in [3.8, 4) is 17.2 Å². The summed E-state index contributed by atoms with van der Waals surface area (Å²) >= 11 is 1.61. The molecule has 1 fully saturated rings. The van der Waals surface area contributed by atoms with E-state index >= 15 is 0 Å². The van der Waals surface area contributed by atoms with Crippen LogP contribution in [0.2, 0.25) is 0 Å². The van der Waals surface area contributed by atoms with Gasteiger partial charge in [-0.2, -0.15) is 4.98 Å². The monoisotopic (exact) mass is 355 g/mol. The summed E-state index contributed by atoms with van der Waals surface area (Å²) in [5, 5.41) is 5.77. The molecule has 1 amide bonds. The van der Waals surface area contributed by atoms with Crippen LogP contribution < -0.4 is 4.74 Å². The van der Waals surface area contributed by atoms with E-state index in [2.05, 4.69) is 10.1 Å². The zero-order valence-corrected chi connectivity index (χ0v) is 14.5.